The maximum atomic E-state index is 12.2. The van der Waals surface area contributed by atoms with Crippen LogP contribution in [0, 0.1) is 5.92 Å². The number of hydrogen-bond donors (Lipinski definition) is 0. The van der Waals surface area contributed by atoms with Gasteiger partial charge in [0.15, 0.2) is 11.5 Å². The van der Waals surface area contributed by atoms with Crippen molar-refractivity contribution >= 4 is 24.3 Å². The Morgan fingerprint density at radius 2 is 1.60 bits per heavy atom. The molecule has 0 saturated carbocycles. The van der Waals surface area contributed by atoms with Crippen LogP contribution in [0.2, 0.25) is 0 Å². The molecule has 1 saturated heterocycles. The molecule has 0 amide bonds. The standard InChI is InChI=1S/C19H28N3O5P.C2H6/c1-24-17-11-15-16(12-18(17)25-2)20-13-21-19(15)22-8-5-14(6-9-22)7-10-28(23,26-3)27-4;1-2/h11-14H,5-10H2,1-4H3;1-2H3. The monoisotopic (exact) mass is 439 g/mol. The Labute approximate surface area is 179 Å². The number of piperidine rings is 1. The van der Waals surface area contributed by atoms with Gasteiger partial charge in [-0.3, -0.25) is 4.57 Å². The van der Waals surface area contributed by atoms with Crippen molar-refractivity contribution in [3.63, 3.8) is 0 Å². The van der Waals surface area contributed by atoms with Gasteiger partial charge in [0.05, 0.1) is 25.9 Å². The number of rotatable bonds is 8. The van der Waals surface area contributed by atoms with E-state index in [-0.39, 0.29) is 0 Å². The second-order valence-electron chi connectivity index (χ2n) is 6.84. The molecule has 1 aromatic carbocycles. The van der Waals surface area contributed by atoms with Crippen molar-refractivity contribution in [3.8, 4) is 11.5 Å². The molecule has 1 aliphatic rings. The number of ether oxygens (including phenoxy) is 2. The van der Waals surface area contributed by atoms with Gasteiger partial charge in [-0.1, -0.05) is 13.8 Å². The Kier molecular flexibility index (Phi) is 9.34. The van der Waals surface area contributed by atoms with Gasteiger partial charge in [0.25, 0.3) is 0 Å². The average molecular weight is 439 g/mol. The molecule has 0 spiro atoms. The van der Waals surface area contributed by atoms with E-state index in [1.807, 2.05) is 26.0 Å². The predicted octanol–water partition coefficient (Wildman–Crippen LogP) is 4.77. The second-order valence-corrected chi connectivity index (χ2v) is 9.24. The average Bonchev–Trinajstić information content (AvgIpc) is 2.82. The summed E-state index contributed by atoms with van der Waals surface area (Å²) in [7, 11) is 3.19. The molecule has 30 heavy (non-hydrogen) atoms. The first-order chi connectivity index (χ1) is 14.5. The summed E-state index contributed by atoms with van der Waals surface area (Å²) in [5.74, 6) is 2.72. The van der Waals surface area contributed by atoms with Crippen molar-refractivity contribution in [1.82, 2.24) is 9.97 Å². The van der Waals surface area contributed by atoms with E-state index in [2.05, 4.69) is 14.9 Å². The summed E-state index contributed by atoms with van der Waals surface area (Å²) in [5, 5.41) is 0.946. The van der Waals surface area contributed by atoms with Crippen LogP contribution in [0.4, 0.5) is 5.82 Å². The van der Waals surface area contributed by atoms with Crippen LogP contribution in [0.5, 0.6) is 11.5 Å². The predicted molar refractivity (Wildman–Crippen MR) is 120 cm³/mol. The molecule has 2 aromatic rings. The highest BCUT2D eigenvalue weighted by molar-refractivity contribution is 7.53. The van der Waals surface area contributed by atoms with E-state index in [1.165, 1.54) is 14.2 Å². The number of hydrogen-bond acceptors (Lipinski definition) is 8. The highest BCUT2D eigenvalue weighted by Gasteiger charge is 2.27. The summed E-state index contributed by atoms with van der Waals surface area (Å²) in [6, 6.07) is 3.81. The van der Waals surface area contributed by atoms with Gasteiger partial charge in [-0.15, -0.1) is 0 Å². The number of anilines is 1. The molecule has 0 atom stereocenters. The van der Waals surface area contributed by atoms with Gasteiger partial charge in [-0.25, -0.2) is 9.97 Å². The summed E-state index contributed by atoms with van der Waals surface area (Å²) in [5.41, 5.74) is 0.825. The van der Waals surface area contributed by atoms with E-state index < -0.39 is 7.60 Å². The molecule has 0 N–H and O–H groups in total. The van der Waals surface area contributed by atoms with Crippen molar-refractivity contribution in [2.75, 3.05) is 52.6 Å². The van der Waals surface area contributed by atoms with E-state index >= 15 is 0 Å². The van der Waals surface area contributed by atoms with Crippen molar-refractivity contribution in [2.45, 2.75) is 33.1 Å². The third kappa shape index (κ3) is 5.62. The molecule has 9 heteroatoms. The Morgan fingerprint density at radius 1 is 1.00 bits per heavy atom. The minimum absolute atomic E-state index is 0.456. The smallest absolute Gasteiger partial charge is 0.330 e. The zero-order chi connectivity index (χ0) is 22.1. The molecule has 0 bridgehead atoms. The van der Waals surface area contributed by atoms with Crippen LogP contribution in [0.3, 0.4) is 0 Å². The van der Waals surface area contributed by atoms with Gasteiger partial charge >= 0.3 is 7.60 Å². The van der Waals surface area contributed by atoms with Crippen molar-refractivity contribution < 1.29 is 23.1 Å². The molecule has 0 aliphatic carbocycles. The maximum Gasteiger partial charge on any atom is 0.330 e. The molecular formula is C21H34N3O5P. The van der Waals surface area contributed by atoms with E-state index in [1.54, 1.807) is 20.5 Å². The molecule has 1 aliphatic heterocycles. The van der Waals surface area contributed by atoms with Crippen LogP contribution in [0.15, 0.2) is 18.5 Å². The van der Waals surface area contributed by atoms with Crippen LogP contribution < -0.4 is 14.4 Å². The summed E-state index contributed by atoms with van der Waals surface area (Å²) >= 11 is 0. The number of benzene rings is 1. The Balaban J connectivity index is 0.00000155. The molecule has 0 unspecified atom stereocenters. The molecule has 1 fully saturated rings. The van der Waals surface area contributed by atoms with Crippen LogP contribution in [0.1, 0.15) is 33.1 Å². The first kappa shape index (κ1) is 24.4. The Hall–Kier alpha value is -1.89. The van der Waals surface area contributed by atoms with Gasteiger partial charge in [0.2, 0.25) is 0 Å². The molecule has 168 valence electrons. The van der Waals surface area contributed by atoms with Crippen LogP contribution in [0.25, 0.3) is 10.9 Å². The number of aromatic nitrogens is 2. The zero-order valence-corrected chi connectivity index (χ0v) is 19.8. The third-order valence-electron chi connectivity index (χ3n) is 5.40. The van der Waals surface area contributed by atoms with Crippen molar-refractivity contribution in [3.05, 3.63) is 18.5 Å². The Morgan fingerprint density at radius 3 is 2.17 bits per heavy atom. The van der Waals surface area contributed by atoms with Crippen LogP contribution in [-0.4, -0.2) is 57.7 Å². The quantitative estimate of drug-likeness (QED) is 0.544. The third-order valence-corrected chi connectivity index (χ3v) is 7.32. The molecule has 3 rings (SSSR count). The van der Waals surface area contributed by atoms with Crippen LogP contribution in [-0.2, 0) is 13.6 Å². The van der Waals surface area contributed by atoms with Gasteiger partial charge in [0.1, 0.15) is 12.1 Å². The first-order valence-corrected chi connectivity index (χ1v) is 12.1. The summed E-state index contributed by atoms with van der Waals surface area (Å²) in [6.45, 7) is 5.77. The summed E-state index contributed by atoms with van der Waals surface area (Å²) in [4.78, 5) is 11.2. The lowest BCUT2D eigenvalue weighted by Crippen LogP contribution is -2.34. The summed E-state index contributed by atoms with van der Waals surface area (Å²) < 4.78 is 33.1. The van der Waals surface area contributed by atoms with Crippen molar-refractivity contribution in [1.29, 1.82) is 0 Å². The van der Waals surface area contributed by atoms with E-state index in [0.29, 0.717) is 23.6 Å². The van der Waals surface area contributed by atoms with Gasteiger partial charge in [-0.05, 0) is 31.2 Å². The fourth-order valence-electron chi connectivity index (χ4n) is 3.65. The number of nitrogens with zero attached hydrogens (tertiary/aromatic N) is 3. The van der Waals surface area contributed by atoms with E-state index in [9.17, 15) is 4.57 Å². The lowest BCUT2D eigenvalue weighted by atomic mass is 9.94. The minimum Gasteiger partial charge on any atom is -0.493 e. The topological polar surface area (TPSA) is 83.0 Å². The van der Waals surface area contributed by atoms with Crippen molar-refractivity contribution in [2.24, 2.45) is 5.92 Å². The molecule has 2 heterocycles. The molecule has 8 nitrogen and oxygen atoms in total. The lowest BCUT2D eigenvalue weighted by Gasteiger charge is -2.33. The molecular weight excluding hydrogens is 405 g/mol. The minimum atomic E-state index is -2.93. The SMILES string of the molecule is CC.COc1cc2ncnc(N3CCC(CCP(=O)(OC)OC)CC3)c2cc1OC. The number of fused-ring (bicyclic) bond motifs is 1. The highest BCUT2D eigenvalue weighted by Crippen LogP contribution is 2.48. The maximum absolute atomic E-state index is 12.2. The normalized spacial score (nSPS) is 14.9. The first-order valence-electron chi connectivity index (χ1n) is 10.4. The Bertz CT molecular complexity index is 848. The van der Waals surface area contributed by atoms with E-state index in [0.717, 1.165) is 49.1 Å². The lowest BCUT2D eigenvalue weighted by molar-refractivity contribution is 0.270. The van der Waals surface area contributed by atoms with Gasteiger partial charge < -0.3 is 23.4 Å². The van der Waals surface area contributed by atoms with Gasteiger partial charge in [-0.2, -0.15) is 0 Å². The number of methoxy groups -OCH3 is 2. The molecule has 0 radical (unpaired) electrons. The molecule has 1 aromatic heterocycles. The summed E-state index contributed by atoms with van der Waals surface area (Å²) in [6.07, 6.45) is 4.89. The van der Waals surface area contributed by atoms with Gasteiger partial charge in [0, 0.05) is 38.8 Å². The highest BCUT2D eigenvalue weighted by atomic mass is 31.2. The van der Waals surface area contributed by atoms with Crippen LogP contribution >= 0.6 is 7.60 Å². The van der Waals surface area contributed by atoms with E-state index in [4.69, 9.17) is 18.5 Å². The fourth-order valence-corrected chi connectivity index (χ4v) is 4.85. The second kappa shape index (κ2) is 11.5. The fraction of sp³-hybridized carbons (Fsp3) is 0.619. The largest absolute Gasteiger partial charge is 0.493 e. The zero-order valence-electron chi connectivity index (χ0n) is 18.9.